The molecule has 13 heavy (non-hydrogen) atoms. The van der Waals surface area contributed by atoms with Gasteiger partial charge in [0, 0.05) is 13.2 Å². The van der Waals surface area contributed by atoms with Crippen LogP contribution in [-0.4, -0.2) is 36.9 Å². The van der Waals surface area contributed by atoms with Crippen LogP contribution in [0.4, 0.5) is 0 Å². The Morgan fingerprint density at radius 2 is 2.38 bits per heavy atom. The number of carboxylic acid groups (broad SMARTS) is 1. The molecule has 1 unspecified atom stereocenters. The van der Waals surface area contributed by atoms with Gasteiger partial charge in [0.05, 0.1) is 6.61 Å². The van der Waals surface area contributed by atoms with Gasteiger partial charge in [-0.3, -0.25) is 4.79 Å². The van der Waals surface area contributed by atoms with Crippen molar-refractivity contribution in [3.63, 3.8) is 0 Å². The van der Waals surface area contributed by atoms with E-state index in [2.05, 4.69) is 5.32 Å². The number of carboxylic acids is 1. The van der Waals surface area contributed by atoms with Crippen molar-refractivity contribution >= 4 is 5.97 Å². The van der Waals surface area contributed by atoms with Gasteiger partial charge in [0.15, 0.2) is 0 Å². The molecule has 1 saturated carbocycles. The molecule has 0 aromatic carbocycles. The van der Waals surface area contributed by atoms with E-state index in [0.29, 0.717) is 13.2 Å². The Kier molecular flexibility index (Phi) is 4.18. The average Bonchev–Trinajstić information content (AvgIpc) is 2.87. The molecule has 0 heterocycles. The lowest BCUT2D eigenvalue weighted by atomic mass is 10.3. The summed E-state index contributed by atoms with van der Waals surface area (Å²) < 4.78 is 5.33. The van der Waals surface area contributed by atoms with Gasteiger partial charge in [-0.25, -0.2) is 0 Å². The number of aliphatic carboxylic acids is 1. The second-order valence-electron chi connectivity index (χ2n) is 3.53. The van der Waals surface area contributed by atoms with Crippen LogP contribution < -0.4 is 5.32 Å². The van der Waals surface area contributed by atoms with Crippen LogP contribution in [0.25, 0.3) is 0 Å². The van der Waals surface area contributed by atoms with Crippen LogP contribution in [0.5, 0.6) is 0 Å². The number of nitrogens with one attached hydrogen (secondary N) is 1. The molecule has 4 nitrogen and oxygen atoms in total. The molecule has 2 N–H and O–H groups in total. The van der Waals surface area contributed by atoms with Crippen molar-refractivity contribution in [3.8, 4) is 0 Å². The third-order valence-corrected chi connectivity index (χ3v) is 2.12. The highest BCUT2D eigenvalue weighted by Gasteiger charge is 2.20. The van der Waals surface area contributed by atoms with Crippen LogP contribution in [0.15, 0.2) is 0 Å². The predicted molar refractivity (Wildman–Crippen MR) is 48.6 cm³/mol. The van der Waals surface area contributed by atoms with Crippen LogP contribution in [0.1, 0.15) is 19.8 Å². The summed E-state index contributed by atoms with van der Waals surface area (Å²) in [5.74, 6) is -0.0425. The van der Waals surface area contributed by atoms with Crippen LogP contribution in [0.2, 0.25) is 0 Å². The zero-order valence-corrected chi connectivity index (χ0v) is 7.95. The second-order valence-corrected chi connectivity index (χ2v) is 3.53. The van der Waals surface area contributed by atoms with Crippen molar-refractivity contribution in [3.05, 3.63) is 0 Å². The van der Waals surface area contributed by atoms with E-state index in [9.17, 15) is 4.79 Å². The Hall–Kier alpha value is -0.610. The zero-order valence-electron chi connectivity index (χ0n) is 7.95. The molecule has 1 atom stereocenters. The molecule has 0 saturated heterocycles. The molecule has 0 bridgehead atoms. The molecule has 0 spiro atoms. The van der Waals surface area contributed by atoms with E-state index in [-0.39, 0.29) is 0 Å². The first-order chi connectivity index (χ1) is 6.20. The first kappa shape index (κ1) is 10.5. The summed E-state index contributed by atoms with van der Waals surface area (Å²) in [6.07, 6.45) is 2.58. The standard InChI is InChI=1S/C9H17NO3/c1-7(9(11)12)10-4-5-13-6-8-2-3-8/h7-8,10H,2-6H2,1H3,(H,11,12). The second kappa shape index (κ2) is 5.19. The van der Waals surface area contributed by atoms with Crippen LogP contribution in [0.3, 0.4) is 0 Å². The highest BCUT2D eigenvalue weighted by molar-refractivity contribution is 5.72. The van der Waals surface area contributed by atoms with Gasteiger partial charge < -0.3 is 15.2 Å². The predicted octanol–water partition coefficient (Wildman–Crippen LogP) is 0.476. The molecule has 0 radical (unpaired) electrons. The van der Waals surface area contributed by atoms with Gasteiger partial charge >= 0.3 is 5.97 Å². The Bertz CT molecular complexity index is 168. The Labute approximate surface area is 78.3 Å². The van der Waals surface area contributed by atoms with Gasteiger partial charge in [-0.05, 0) is 25.7 Å². The van der Waals surface area contributed by atoms with E-state index < -0.39 is 12.0 Å². The van der Waals surface area contributed by atoms with Gasteiger partial charge in [0.1, 0.15) is 6.04 Å². The highest BCUT2D eigenvalue weighted by Crippen LogP contribution is 2.28. The molecule has 1 rings (SSSR count). The Balaban J connectivity index is 1.84. The topological polar surface area (TPSA) is 58.6 Å². The summed E-state index contributed by atoms with van der Waals surface area (Å²) in [7, 11) is 0. The molecule has 1 fully saturated rings. The Morgan fingerprint density at radius 3 is 2.92 bits per heavy atom. The third-order valence-electron chi connectivity index (χ3n) is 2.12. The minimum atomic E-state index is -0.817. The molecular formula is C9H17NO3. The Morgan fingerprint density at radius 1 is 1.69 bits per heavy atom. The first-order valence-electron chi connectivity index (χ1n) is 4.74. The minimum absolute atomic E-state index is 0.482. The quantitative estimate of drug-likeness (QED) is 0.569. The maximum absolute atomic E-state index is 10.4. The number of hydrogen-bond donors (Lipinski definition) is 2. The largest absolute Gasteiger partial charge is 0.480 e. The van der Waals surface area contributed by atoms with E-state index in [1.807, 2.05) is 0 Å². The van der Waals surface area contributed by atoms with Crippen molar-refractivity contribution in [2.24, 2.45) is 5.92 Å². The summed E-state index contributed by atoms with van der Waals surface area (Å²) in [5.41, 5.74) is 0. The van der Waals surface area contributed by atoms with Crippen LogP contribution in [-0.2, 0) is 9.53 Å². The SMILES string of the molecule is CC(NCCOCC1CC1)C(=O)O. The molecule has 0 amide bonds. The third kappa shape index (κ3) is 4.85. The fraction of sp³-hybridized carbons (Fsp3) is 0.889. The van der Waals surface area contributed by atoms with Crippen molar-refractivity contribution in [2.45, 2.75) is 25.8 Å². The zero-order chi connectivity index (χ0) is 9.68. The smallest absolute Gasteiger partial charge is 0.320 e. The summed E-state index contributed by atoms with van der Waals surface area (Å²) in [4.78, 5) is 10.4. The summed E-state index contributed by atoms with van der Waals surface area (Å²) >= 11 is 0. The number of rotatable bonds is 7. The van der Waals surface area contributed by atoms with Gasteiger partial charge in [-0.2, -0.15) is 0 Å². The van der Waals surface area contributed by atoms with E-state index in [1.165, 1.54) is 12.8 Å². The monoisotopic (exact) mass is 187 g/mol. The number of hydrogen-bond acceptors (Lipinski definition) is 3. The van der Waals surface area contributed by atoms with Crippen molar-refractivity contribution in [2.75, 3.05) is 19.8 Å². The molecule has 0 aliphatic heterocycles. The normalized spacial score (nSPS) is 18.5. The van der Waals surface area contributed by atoms with Gasteiger partial charge in [-0.15, -0.1) is 0 Å². The van der Waals surface area contributed by atoms with Gasteiger partial charge in [0.2, 0.25) is 0 Å². The lowest BCUT2D eigenvalue weighted by Gasteiger charge is -2.08. The van der Waals surface area contributed by atoms with Gasteiger partial charge in [-0.1, -0.05) is 0 Å². The summed E-state index contributed by atoms with van der Waals surface area (Å²) in [6, 6.07) is -0.482. The molecular weight excluding hydrogens is 170 g/mol. The maximum Gasteiger partial charge on any atom is 0.320 e. The lowest BCUT2D eigenvalue weighted by Crippen LogP contribution is -2.35. The fourth-order valence-electron chi connectivity index (χ4n) is 0.969. The molecule has 4 heteroatoms. The number of carbonyl (C=O) groups is 1. The van der Waals surface area contributed by atoms with Crippen LogP contribution >= 0.6 is 0 Å². The van der Waals surface area contributed by atoms with Gasteiger partial charge in [0.25, 0.3) is 0 Å². The van der Waals surface area contributed by atoms with Crippen molar-refractivity contribution < 1.29 is 14.6 Å². The first-order valence-corrected chi connectivity index (χ1v) is 4.74. The minimum Gasteiger partial charge on any atom is -0.480 e. The highest BCUT2D eigenvalue weighted by atomic mass is 16.5. The van der Waals surface area contributed by atoms with E-state index in [0.717, 1.165) is 12.5 Å². The molecule has 0 aromatic rings. The van der Waals surface area contributed by atoms with Crippen molar-refractivity contribution in [1.82, 2.24) is 5.32 Å². The molecule has 76 valence electrons. The summed E-state index contributed by atoms with van der Waals surface area (Å²) in [6.45, 7) is 3.68. The molecule has 1 aliphatic rings. The maximum atomic E-state index is 10.4. The number of ether oxygens (including phenoxy) is 1. The summed E-state index contributed by atoms with van der Waals surface area (Å²) in [5, 5.41) is 11.4. The molecule has 0 aromatic heterocycles. The van der Waals surface area contributed by atoms with Crippen LogP contribution in [0, 0.1) is 5.92 Å². The molecule has 1 aliphatic carbocycles. The van der Waals surface area contributed by atoms with E-state index in [1.54, 1.807) is 6.92 Å². The van der Waals surface area contributed by atoms with E-state index >= 15 is 0 Å². The van der Waals surface area contributed by atoms with Crippen molar-refractivity contribution in [1.29, 1.82) is 0 Å². The van der Waals surface area contributed by atoms with E-state index in [4.69, 9.17) is 9.84 Å². The lowest BCUT2D eigenvalue weighted by molar-refractivity contribution is -0.139. The fourth-order valence-corrected chi connectivity index (χ4v) is 0.969. The average molecular weight is 187 g/mol.